The van der Waals surface area contributed by atoms with Crippen molar-refractivity contribution < 1.29 is 63.4 Å². The van der Waals surface area contributed by atoms with Crippen molar-refractivity contribution in [2.45, 2.75) is 24.0 Å². The van der Waals surface area contributed by atoms with E-state index in [1.807, 2.05) is 0 Å². The molecule has 0 bridgehead atoms. The van der Waals surface area contributed by atoms with E-state index in [0.29, 0.717) is 0 Å². The molecule has 1 aromatic rings. The molecule has 0 radical (unpaired) electrons. The van der Waals surface area contributed by atoms with Gasteiger partial charge in [-0.1, -0.05) is 5.92 Å². The summed E-state index contributed by atoms with van der Waals surface area (Å²) in [6, 6.07) is 0. The fourth-order valence-corrected chi connectivity index (χ4v) is 5.19. The molecule has 0 spiro atoms. The molecular weight excluding hydrogens is 510 g/mol. The number of aliphatic hydroxyl groups is 1. The zero-order valence-corrected chi connectivity index (χ0v) is 17.7. The number of rotatable bonds is 8. The topological polar surface area (TPSA) is 270 Å². The quantitative estimate of drug-likeness (QED) is 0.137. The molecular formula is C11H15FN3O14P3. The Morgan fingerprint density at radius 2 is 1.91 bits per heavy atom. The fraction of sp³-hybridized carbons (Fsp3) is 0.455. The van der Waals surface area contributed by atoms with Crippen LogP contribution in [0.2, 0.25) is 0 Å². The maximum absolute atomic E-state index is 13.7. The van der Waals surface area contributed by atoms with E-state index >= 15 is 0 Å². The van der Waals surface area contributed by atoms with Gasteiger partial charge >= 0.3 is 29.2 Å². The monoisotopic (exact) mass is 527 g/mol. The first kappa shape index (κ1) is 23.6. The van der Waals surface area contributed by atoms with E-state index in [9.17, 15) is 37.7 Å². The van der Waals surface area contributed by atoms with Crippen LogP contribution in [0.3, 0.4) is 0 Å². The maximum Gasteiger partial charge on any atom is 0.490 e. The highest BCUT2D eigenvalue weighted by Gasteiger charge is 2.55. The Hall–Kier alpha value is -1.54. The number of nitrogens with two attached hydrogens (primary N) is 1. The number of terminal acetylenes is 1. The number of halogens is 1. The second-order valence-electron chi connectivity index (χ2n) is 5.87. The number of hydrogen-bond acceptors (Lipinski definition) is 11. The molecule has 0 amide bonds. The van der Waals surface area contributed by atoms with Crippen LogP contribution in [0.15, 0.2) is 15.8 Å². The molecule has 1 aromatic heterocycles. The number of aromatic amines is 1. The summed E-state index contributed by atoms with van der Waals surface area (Å²) in [5.41, 5.74) is 0.404. The summed E-state index contributed by atoms with van der Waals surface area (Å²) >= 11 is 0. The number of aliphatic hydroxyl groups excluding tert-OH is 1. The fourth-order valence-electron chi connectivity index (χ4n) is 2.32. The predicted octanol–water partition coefficient (Wildman–Crippen LogP) is -2.39. The van der Waals surface area contributed by atoms with Crippen molar-refractivity contribution in [1.29, 1.82) is 0 Å². The highest BCUT2D eigenvalue weighted by Crippen LogP contribution is 2.66. The van der Waals surface area contributed by atoms with Crippen molar-refractivity contribution >= 4 is 23.5 Å². The van der Waals surface area contributed by atoms with Crippen molar-refractivity contribution in [3.05, 3.63) is 32.9 Å². The Balaban J connectivity index is 2.40. The molecule has 0 aliphatic carbocycles. The molecule has 1 aliphatic heterocycles. The SMILES string of the molecule is [2H]C([2H])(OP(=O)(O)OP(=O)(O)OP(=O)(O)O)[C@H]1O[C@@H](n2cc(F)c(=O)[nH]c2=O)C(N)(C#C)[C@H]1O. The molecule has 21 heteroatoms. The summed E-state index contributed by atoms with van der Waals surface area (Å²) in [5.74, 6) is 0.237. The predicted molar refractivity (Wildman–Crippen MR) is 96.8 cm³/mol. The highest BCUT2D eigenvalue weighted by molar-refractivity contribution is 7.66. The lowest BCUT2D eigenvalue weighted by atomic mass is 9.92. The van der Waals surface area contributed by atoms with Crippen LogP contribution in [-0.4, -0.2) is 58.5 Å². The third-order valence-electron chi connectivity index (χ3n) is 3.59. The number of aromatic nitrogens is 2. The number of H-pyrrole nitrogens is 1. The molecule has 8 N–H and O–H groups in total. The summed E-state index contributed by atoms with van der Waals surface area (Å²) < 4.78 is 79.4. The Morgan fingerprint density at radius 1 is 1.31 bits per heavy atom. The van der Waals surface area contributed by atoms with Crippen molar-refractivity contribution in [2.75, 3.05) is 6.56 Å². The van der Waals surface area contributed by atoms with Crippen LogP contribution >= 0.6 is 23.5 Å². The van der Waals surface area contributed by atoms with E-state index in [-0.39, 0.29) is 10.8 Å². The second-order valence-corrected chi connectivity index (χ2v) is 10.2. The molecule has 1 saturated heterocycles. The van der Waals surface area contributed by atoms with Crippen LogP contribution < -0.4 is 17.0 Å². The van der Waals surface area contributed by atoms with Gasteiger partial charge in [-0.3, -0.25) is 18.9 Å². The molecule has 6 atom stereocenters. The lowest BCUT2D eigenvalue weighted by Gasteiger charge is -2.27. The van der Waals surface area contributed by atoms with Gasteiger partial charge in [0, 0.05) is 0 Å². The first-order valence-electron chi connectivity index (χ1n) is 8.60. The van der Waals surface area contributed by atoms with Crippen LogP contribution in [-0.2, 0) is 31.6 Å². The normalized spacial score (nSPS) is 31.1. The van der Waals surface area contributed by atoms with Crippen LogP contribution in [0.5, 0.6) is 0 Å². The average molecular weight is 527 g/mol. The molecule has 2 heterocycles. The number of nitrogens with zero attached hydrogens (tertiary/aromatic N) is 1. The number of phosphoric acid groups is 3. The van der Waals surface area contributed by atoms with Gasteiger partial charge in [-0.15, -0.1) is 6.42 Å². The van der Waals surface area contributed by atoms with Crippen LogP contribution in [0.25, 0.3) is 0 Å². The lowest BCUT2D eigenvalue weighted by Crippen LogP contribution is -2.55. The summed E-state index contributed by atoms with van der Waals surface area (Å²) in [6.07, 6.45) is -1.51. The van der Waals surface area contributed by atoms with Gasteiger partial charge in [-0.2, -0.15) is 13.0 Å². The molecule has 3 unspecified atom stereocenters. The first-order valence-corrected chi connectivity index (χ1v) is 12.1. The largest absolute Gasteiger partial charge is 0.490 e. The zero-order chi connectivity index (χ0) is 26.5. The van der Waals surface area contributed by atoms with Gasteiger partial charge in [-0.25, -0.2) is 18.5 Å². The van der Waals surface area contributed by atoms with Gasteiger partial charge < -0.3 is 35.2 Å². The first-order chi connectivity index (χ1) is 15.1. The lowest BCUT2D eigenvalue weighted by molar-refractivity contribution is -0.0471. The Kier molecular flexibility index (Phi) is 6.65. The van der Waals surface area contributed by atoms with Crippen LogP contribution in [0.4, 0.5) is 4.39 Å². The van der Waals surface area contributed by atoms with Gasteiger partial charge in [0.15, 0.2) is 11.8 Å². The van der Waals surface area contributed by atoms with Crippen LogP contribution in [0.1, 0.15) is 8.97 Å². The van der Waals surface area contributed by atoms with E-state index < -0.39 is 71.1 Å². The summed E-state index contributed by atoms with van der Waals surface area (Å²) in [7, 11) is -17.9. The third kappa shape index (κ3) is 6.07. The summed E-state index contributed by atoms with van der Waals surface area (Å²) in [4.78, 5) is 60.5. The van der Waals surface area contributed by atoms with E-state index in [2.05, 4.69) is 13.1 Å². The minimum atomic E-state index is -6.08. The van der Waals surface area contributed by atoms with Gasteiger partial charge in [-0.05, 0) is 0 Å². The van der Waals surface area contributed by atoms with Gasteiger partial charge in [0.25, 0.3) is 5.56 Å². The van der Waals surface area contributed by atoms with Crippen molar-refractivity contribution in [3.63, 3.8) is 0 Å². The standard InChI is InChI=1S/C11H15FN3O14P3/c1-2-11(13)7(16)6(27-9(11)15-3-5(12)8(17)14-10(15)18)4-26-31(22,23)29-32(24,25)28-30(19,20)21/h1,3,6-7,9,16H,4,13H2,(H,22,23)(H,24,25)(H,14,17,18)(H2,19,20,21)/t6-,7+,9-,11?/m1/s1/i4D2. The minimum absolute atomic E-state index is 0.237. The molecule has 0 aromatic carbocycles. The van der Waals surface area contributed by atoms with Gasteiger partial charge in [0.1, 0.15) is 12.2 Å². The zero-order valence-electron chi connectivity index (χ0n) is 17.0. The molecule has 0 saturated carbocycles. The molecule has 32 heavy (non-hydrogen) atoms. The Labute approximate surface area is 178 Å². The highest BCUT2D eigenvalue weighted by atomic mass is 31.3. The number of phosphoric ester groups is 1. The maximum atomic E-state index is 13.7. The summed E-state index contributed by atoms with van der Waals surface area (Å²) in [6.45, 7) is -3.72. The number of nitrogens with one attached hydrogen (secondary N) is 1. The molecule has 1 fully saturated rings. The van der Waals surface area contributed by atoms with Crippen LogP contribution in [0, 0.1) is 18.2 Å². The van der Waals surface area contributed by atoms with E-state index in [0.717, 1.165) is 0 Å². The third-order valence-corrected chi connectivity index (χ3v) is 7.25. The number of hydrogen-bond donors (Lipinski definition) is 7. The van der Waals surface area contributed by atoms with E-state index in [1.165, 1.54) is 4.98 Å². The summed E-state index contributed by atoms with van der Waals surface area (Å²) in [5, 5.41) is 10.4. The molecule has 180 valence electrons. The van der Waals surface area contributed by atoms with Crippen molar-refractivity contribution in [1.82, 2.24) is 9.55 Å². The molecule has 17 nitrogen and oxygen atoms in total. The second kappa shape index (κ2) is 9.01. The smallest absolute Gasteiger partial charge is 0.387 e. The van der Waals surface area contributed by atoms with Gasteiger partial charge in [0.05, 0.1) is 15.5 Å². The minimum Gasteiger partial charge on any atom is -0.387 e. The Morgan fingerprint density at radius 3 is 2.44 bits per heavy atom. The van der Waals surface area contributed by atoms with Gasteiger partial charge in [0.2, 0.25) is 5.82 Å². The molecule has 1 aliphatic rings. The van der Waals surface area contributed by atoms with Crippen molar-refractivity contribution in [3.8, 4) is 12.3 Å². The van der Waals surface area contributed by atoms with E-state index in [4.69, 9.17) is 34.3 Å². The van der Waals surface area contributed by atoms with E-state index in [1.54, 1.807) is 5.92 Å². The number of ether oxygens (including phenoxy) is 1. The Bertz CT molecular complexity index is 1270. The molecule has 2 rings (SSSR count). The van der Waals surface area contributed by atoms with Crippen molar-refractivity contribution in [2.24, 2.45) is 5.73 Å². The average Bonchev–Trinajstić information content (AvgIpc) is 2.87.